The standard InChI is InChI=1S/C13H15NO2/c15-8-9-4-10-2-1-3-14-7-12(16)6-11(5-9)13(10)14/h4-5,8,12,16H,1-3,6-7H2. The second-order valence-electron chi connectivity index (χ2n) is 4.71. The van der Waals surface area contributed by atoms with Gasteiger partial charge in [0.15, 0.2) is 0 Å². The summed E-state index contributed by atoms with van der Waals surface area (Å²) in [6.45, 7) is 1.76. The van der Waals surface area contributed by atoms with Crippen LogP contribution in [0.1, 0.15) is 27.9 Å². The molecule has 2 aliphatic rings. The van der Waals surface area contributed by atoms with Gasteiger partial charge >= 0.3 is 0 Å². The van der Waals surface area contributed by atoms with Crippen LogP contribution in [0.25, 0.3) is 0 Å². The molecule has 3 rings (SSSR count). The zero-order valence-corrected chi connectivity index (χ0v) is 9.15. The number of carbonyl (C=O) groups is 1. The molecule has 2 heterocycles. The summed E-state index contributed by atoms with van der Waals surface area (Å²) in [5.41, 5.74) is 4.43. The summed E-state index contributed by atoms with van der Waals surface area (Å²) in [7, 11) is 0. The smallest absolute Gasteiger partial charge is 0.150 e. The van der Waals surface area contributed by atoms with Crippen LogP contribution < -0.4 is 4.90 Å². The molecular formula is C13H15NO2. The molecule has 16 heavy (non-hydrogen) atoms. The molecule has 3 nitrogen and oxygen atoms in total. The quantitative estimate of drug-likeness (QED) is 0.718. The summed E-state index contributed by atoms with van der Waals surface area (Å²) in [6, 6.07) is 3.92. The number of hydrogen-bond acceptors (Lipinski definition) is 3. The van der Waals surface area contributed by atoms with Crippen LogP contribution in [0.4, 0.5) is 5.69 Å². The molecule has 2 aliphatic heterocycles. The van der Waals surface area contributed by atoms with Crippen molar-refractivity contribution in [3.05, 3.63) is 28.8 Å². The monoisotopic (exact) mass is 217 g/mol. The maximum Gasteiger partial charge on any atom is 0.150 e. The van der Waals surface area contributed by atoms with E-state index in [2.05, 4.69) is 4.90 Å². The predicted molar refractivity (Wildman–Crippen MR) is 62.1 cm³/mol. The Bertz CT molecular complexity index is 442. The van der Waals surface area contributed by atoms with Gasteiger partial charge in [0.05, 0.1) is 6.10 Å². The summed E-state index contributed by atoms with van der Waals surface area (Å²) >= 11 is 0. The van der Waals surface area contributed by atoms with Crippen molar-refractivity contribution < 1.29 is 9.90 Å². The van der Waals surface area contributed by atoms with Crippen molar-refractivity contribution in [1.82, 2.24) is 0 Å². The number of hydrogen-bond donors (Lipinski definition) is 1. The Hall–Kier alpha value is -1.35. The lowest BCUT2D eigenvalue weighted by Crippen LogP contribution is -2.41. The van der Waals surface area contributed by atoms with E-state index < -0.39 is 0 Å². The van der Waals surface area contributed by atoms with Crippen LogP contribution in [-0.2, 0) is 12.8 Å². The van der Waals surface area contributed by atoms with Crippen molar-refractivity contribution in [3.8, 4) is 0 Å². The summed E-state index contributed by atoms with van der Waals surface area (Å²) in [5.74, 6) is 0. The predicted octanol–water partition coefficient (Wildman–Crippen LogP) is 1.17. The van der Waals surface area contributed by atoms with Gasteiger partial charge in [-0.25, -0.2) is 0 Å². The average Bonchev–Trinajstić information content (AvgIpc) is 2.28. The molecule has 1 unspecified atom stereocenters. The first-order valence-corrected chi connectivity index (χ1v) is 5.82. The van der Waals surface area contributed by atoms with E-state index in [0.717, 1.165) is 43.3 Å². The summed E-state index contributed by atoms with van der Waals surface area (Å²) in [5, 5.41) is 9.81. The molecule has 0 saturated carbocycles. The third-order valence-electron chi connectivity index (χ3n) is 3.50. The second-order valence-corrected chi connectivity index (χ2v) is 4.71. The summed E-state index contributed by atoms with van der Waals surface area (Å²) < 4.78 is 0. The van der Waals surface area contributed by atoms with Crippen LogP contribution in [0.5, 0.6) is 0 Å². The molecule has 0 radical (unpaired) electrons. The van der Waals surface area contributed by atoms with Gasteiger partial charge in [-0.1, -0.05) is 0 Å². The molecule has 1 N–H and O–H groups in total. The number of anilines is 1. The molecule has 84 valence electrons. The molecule has 0 aromatic heterocycles. The third-order valence-corrected chi connectivity index (χ3v) is 3.50. The van der Waals surface area contributed by atoms with Crippen molar-refractivity contribution in [3.63, 3.8) is 0 Å². The van der Waals surface area contributed by atoms with Crippen molar-refractivity contribution >= 4 is 12.0 Å². The van der Waals surface area contributed by atoms with Crippen LogP contribution in [-0.4, -0.2) is 30.6 Å². The summed E-state index contributed by atoms with van der Waals surface area (Å²) in [6.07, 6.45) is 3.45. The third kappa shape index (κ3) is 1.43. The highest BCUT2D eigenvalue weighted by Gasteiger charge is 2.28. The zero-order valence-electron chi connectivity index (χ0n) is 9.15. The number of aryl methyl sites for hydroxylation is 1. The Kier molecular flexibility index (Phi) is 2.21. The minimum absolute atomic E-state index is 0.291. The highest BCUT2D eigenvalue weighted by atomic mass is 16.3. The number of rotatable bonds is 1. The van der Waals surface area contributed by atoms with E-state index in [1.54, 1.807) is 0 Å². The number of aliphatic hydroxyl groups is 1. The van der Waals surface area contributed by atoms with E-state index in [0.29, 0.717) is 6.42 Å². The minimum atomic E-state index is -0.291. The highest BCUT2D eigenvalue weighted by molar-refractivity contribution is 5.79. The van der Waals surface area contributed by atoms with Crippen molar-refractivity contribution in [2.45, 2.75) is 25.4 Å². The number of benzene rings is 1. The lowest BCUT2D eigenvalue weighted by atomic mass is 9.89. The van der Waals surface area contributed by atoms with Gasteiger partial charge in [0.2, 0.25) is 0 Å². The topological polar surface area (TPSA) is 40.5 Å². The van der Waals surface area contributed by atoms with Gasteiger partial charge in [0.1, 0.15) is 6.29 Å². The Morgan fingerprint density at radius 2 is 2.19 bits per heavy atom. The van der Waals surface area contributed by atoms with Crippen LogP contribution in [0.15, 0.2) is 12.1 Å². The molecule has 0 fully saturated rings. The molecule has 0 amide bonds. The van der Waals surface area contributed by atoms with Gasteiger partial charge in [0, 0.05) is 30.8 Å². The maximum atomic E-state index is 10.9. The van der Waals surface area contributed by atoms with Gasteiger partial charge < -0.3 is 10.0 Å². The number of carbonyl (C=O) groups excluding carboxylic acids is 1. The van der Waals surface area contributed by atoms with Gasteiger partial charge in [-0.15, -0.1) is 0 Å². The van der Waals surface area contributed by atoms with E-state index >= 15 is 0 Å². The number of aldehydes is 1. The first-order valence-electron chi connectivity index (χ1n) is 5.82. The Balaban J connectivity index is 2.16. The van der Waals surface area contributed by atoms with E-state index in [-0.39, 0.29) is 6.10 Å². The fourth-order valence-electron chi connectivity index (χ4n) is 2.93. The molecular weight excluding hydrogens is 202 g/mol. The van der Waals surface area contributed by atoms with Gasteiger partial charge in [0.25, 0.3) is 0 Å². The van der Waals surface area contributed by atoms with E-state index in [9.17, 15) is 9.90 Å². The van der Waals surface area contributed by atoms with Crippen LogP contribution in [0.2, 0.25) is 0 Å². The van der Waals surface area contributed by atoms with Crippen molar-refractivity contribution in [1.29, 1.82) is 0 Å². The maximum absolute atomic E-state index is 10.9. The molecule has 1 atom stereocenters. The average molecular weight is 217 g/mol. The van der Waals surface area contributed by atoms with Gasteiger partial charge in [-0.3, -0.25) is 4.79 Å². The summed E-state index contributed by atoms with van der Waals surface area (Å²) in [4.78, 5) is 13.1. The van der Waals surface area contributed by atoms with Crippen molar-refractivity contribution in [2.24, 2.45) is 0 Å². The van der Waals surface area contributed by atoms with Gasteiger partial charge in [-0.2, -0.15) is 0 Å². The first-order chi connectivity index (χ1) is 7.78. The first kappa shape index (κ1) is 9.85. The van der Waals surface area contributed by atoms with E-state index in [1.165, 1.54) is 11.3 Å². The molecule has 0 spiro atoms. The van der Waals surface area contributed by atoms with Crippen LogP contribution in [0, 0.1) is 0 Å². The normalized spacial score (nSPS) is 22.8. The van der Waals surface area contributed by atoms with Crippen LogP contribution >= 0.6 is 0 Å². The Labute approximate surface area is 94.7 Å². The zero-order chi connectivity index (χ0) is 11.1. The Morgan fingerprint density at radius 1 is 1.38 bits per heavy atom. The Morgan fingerprint density at radius 3 is 3.00 bits per heavy atom. The molecule has 1 aromatic carbocycles. The van der Waals surface area contributed by atoms with E-state index in [1.807, 2.05) is 12.1 Å². The molecule has 3 heteroatoms. The molecule has 0 aliphatic carbocycles. The minimum Gasteiger partial charge on any atom is -0.391 e. The highest BCUT2D eigenvalue weighted by Crippen LogP contribution is 2.35. The fraction of sp³-hybridized carbons (Fsp3) is 0.462. The fourth-order valence-corrected chi connectivity index (χ4v) is 2.93. The second kappa shape index (κ2) is 3.59. The number of nitrogens with zero attached hydrogens (tertiary/aromatic N) is 1. The molecule has 0 saturated heterocycles. The number of aliphatic hydroxyl groups excluding tert-OH is 1. The SMILES string of the molecule is O=Cc1cc2c3c(c1)CC(O)CN3CCC2. The molecule has 1 aromatic rings. The van der Waals surface area contributed by atoms with Crippen LogP contribution in [0.3, 0.4) is 0 Å². The largest absolute Gasteiger partial charge is 0.391 e. The van der Waals surface area contributed by atoms with Gasteiger partial charge in [-0.05, 0) is 36.1 Å². The molecule has 0 bridgehead atoms. The lowest BCUT2D eigenvalue weighted by Gasteiger charge is -2.39. The lowest BCUT2D eigenvalue weighted by molar-refractivity contribution is 0.112. The van der Waals surface area contributed by atoms with Crippen molar-refractivity contribution in [2.75, 3.05) is 18.0 Å². The van der Waals surface area contributed by atoms with E-state index in [4.69, 9.17) is 0 Å².